The molecule has 30 heavy (non-hydrogen) atoms. The monoisotopic (exact) mass is 430 g/mol. The molecule has 0 saturated carbocycles. The number of nitrogens with one attached hydrogen (secondary N) is 1. The van der Waals surface area contributed by atoms with Gasteiger partial charge in [0, 0.05) is 30.1 Å². The van der Waals surface area contributed by atoms with Crippen molar-refractivity contribution < 1.29 is 14.7 Å². The molecule has 0 aliphatic carbocycles. The molecular formula is C24H31ClN2O3. The van der Waals surface area contributed by atoms with Crippen LogP contribution >= 0.6 is 11.6 Å². The summed E-state index contributed by atoms with van der Waals surface area (Å²) in [6.45, 7) is 12.7. The van der Waals surface area contributed by atoms with Crippen LogP contribution in [0.4, 0.5) is 4.79 Å². The normalized spacial score (nSPS) is 17.0. The molecule has 0 radical (unpaired) electrons. The van der Waals surface area contributed by atoms with Crippen molar-refractivity contribution in [1.82, 2.24) is 10.2 Å². The first-order chi connectivity index (χ1) is 13.8. The van der Waals surface area contributed by atoms with Crippen molar-refractivity contribution in [3.63, 3.8) is 0 Å². The van der Waals surface area contributed by atoms with Gasteiger partial charge in [0.1, 0.15) is 0 Å². The minimum Gasteiger partial charge on any atom is -0.481 e. The largest absolute Gasteiger partial charge is 0.481 e. The van der Waals surface area contributed by atoms with E-state index >= 15 is 0 Å². The topological polar surface area (TPSA) is 69.6 Å². The highest BCUT2D eigenvalue weighted by Crippen LogP contribution is 2.39. The third-order valence-corrected chi connectivity index (χ3v) is 5.00. The van der Waals surface area contributed by atoms with Gasteiger partial charge in [-0.25, -0.2) is 4.79 Å². The Bertz CT molecular complexity index is 911. The van der Waals surface area contributed by atoms with E-state index < -0.39 is 5.97 Å². The highest BCUT2D eigenvalue weighted by molar-refractivity contribution is 6.31. The van der Waals surface area contributed by atoms with E-state index in [1.807, 2.05) is 45.2 Å². The number of carbonyl (C=O) groups excluding carboxylic acids is 1. The lowest BCUT2D eigenvalue weighted by molar-refractivity contribution is -0.137. The quantitative estimate of drug-likeness (QED) is 0.597. The number of carboxylic acids is 1. The van der Waals surface area contributed by atoms with Gasteiger partial charge in [0.15, 0.2) is 0 Å². The first kappa shape index (κ1) is 23.8. The molecule has 1 atom stereocenters. The Morgan fingerprint density at radius 3 is 2.43 bits per heavy atom. The lowest BCUT2D eigenvalue weighted by Crippen LogP contribution is -2.46. The van der Waals surface area contributed by atoms with E-state index in [0.717, 1.165) is 16.7 Å². The molecule has 0 saturated heterocycles. The number of hydrogen-bond donors (Lipinski definition) is 2. The molecule has 1 aromatic carbocycles. The average molecular weight is 431 g/mol. The van der Waals surface area contributed by atoms with Crippen molar-refractivity contribution in [2.24, 2.45) is 10.8 Å². The van der Waals surface area contributed by atoms with Crippen molar-refractivity contribution >= 4 is 23.6 Å². The zero-order chi connectivity index (χ0) is 22.7. The second-order valence-electron chi connectivity index (χ2n) is 9.65. The molecule has 5 nitrogen and oxygen atoms in total. The number of carbonyl (C=O) groups is 2. The van der Waals surface area contributed by atoms with Crippen LogP contribution in [0.3, 0.4) is 0 Å². The van der Waals surface area contributed by atoms with Crippen molar-refractivity contribution in [3.05, 3.63) is 46.1 Å². The van der Waals surface area contributed by atoms with Crippen molar-refractivity contribution in [2.45, 2.75) is 60.4 Å². The van der Waals surface area contributed by atoms with Crippen LogP contribution in [0.25, 0.3) is 0 Å². The molecule has 1 aliphatic rings. The smallest absolute Gasteiger partial charge is 0.322 e. The molecule has 162 valence electrons. The molecule has 2 amide bonds. The van der Waals surface area contributed by atoms with E-state index in [1.165, 1.54) is 0 Å². The molecule has 2 rings (SSSR count). The van der Waals surface area contributed by atoms with Gasteiger partial charge in [-0.1, -0.05) is 50.3 Å². The summed E-state index contributed by atoms with van der Waals surface area (Å²) in [5.41, 5.74) is 2.35. The highest BCUT2D eigenvalue weighted by atomic mass is 35.5. The fraction of sp³-hybridized carbons (Fsp3) is 0.500. The van der Waals surface area contributed by atoms with Gasteiger partial charge in [-0.3, -0.25) is 4.79 Å². The van der Waals surface area contributed by atoms with Crippen LogP contribution in [0.15, 0.2) is 30.0 Å². The van der Waals surface area contributed by atoms with Crippen LogP contribution in [-0.2, 0) is 4.79 Å². The number of aliphatic carboxylic acids is 1. The molecular weight excluding hydrogens is 400 g/mol. The lowest BCUT2D eigenvalue weighted by Gasteiger charge is -2.38. The van der Waals surface area contributed by atoms with Gasteiger partial charge in [0.05, 0.1) is 11.1 Å². The molecule has 2 N–H and O–H groups in total. The predicted octanol–water partition coefficient (Wildman–Crippen LogP) is 5.60. The minimum atomic E-state index is -0.866. The second kappa shape index (κ2) is 9.14. The van der Waals surface area contributed by atoms with E-state index in [4.69, 9.17) is 16.7 Å². The zero-order valence-electron chi connectivity index (χ0n) is 18.6. The number of amides is 2. The van der Waals surface area contributed by atoms with Gasteiger partial charge in [0.25, 0.3) is 0 Å². The van der Waals surface area contributed by atoms with Crippen LogP contribution in [0.5, 0.6) is 0 Å². The number of rotatable bonds is 5. The van der Waals surface area contributed by atoms with Crippen LogP contribution < -0.4 is 5.32 Å². The molecule has 1 aliphatic heterocycles. The number of carboxylic acid groups (broad SMARTS) is 1. The number of urea groups is 1. The third kappa shape index (κ3) is 6.53. The molecule has 6 heteroatoms. The highest BCUT2D eigenvalue weighted by Gasteiger charge is 2.34. The average Bonchev–Trinajstić information content (AvgIpc) is 2.59. The molecule has 0 aromatic heterocycles. The molecule has 1 aromatic rings. The summed E-state index contributed by atoms with van der Waals surface area (Å²) in [6, 6.07) is 5.14. The van der Waals surface area contributed by atoms with Crippen LogP contribution in [0, 0.1) is 22.7 Å². The Balaban J connectivity index is 2.35. The Kier molecular flexibility index (Phi) is 7.26. The number of nitrogens with zero attached hydrogens (tertiary/aromatic N) is 1. The van der Waals surface area contributed by atoms with Crippen molar-refractivity contribution in [3.8, 4) is 11.8 Å². The molecule has 0 spiro atoms. The molecule has 1 unspecified atom stereocenters. The van der Waals surface area contributed by atoms with Gasteiger partial charge in [-0.05, 0) is 55.9 Å². The van der Waals surface area contributed by atoms with Gasteiger partial charge in [-0.15, -0.1) is 0 Å². The van der Waals surface area contributed by atoms with Crippen LogP contribution in [0.2, 0.25) is 5.02 Å². The maximum absolute atomic E-state index is 12.7. The fourth-order valence-corrected chi connectivity index (χ4v) is 3.34. The number of halogens is 1. The van der Waals surface area contributed by atoms with Crippen LogP contribution in [0.1, 0.15) is 71.6 Å². The molecule has 0 fully saturated rings. The SMILES string of the molecule is CC(C)(C)C#Cc1ccc(C2NC(=O)N(CCCC(=O)O)C=C2C(C)(C)C)cc1Cl. The van der Waals surface area contributed by atoms with Gasteiger partial charge >= 0.3 is 12.0 Å². The number of benzene rings is 1. The van der Waals surface area contributed by atoms with Gasteiger partial charge < -0.3 is 15.3 Å². The number of hydrogen-bond acceptors (Lipinski definition) is 2. The van der Waals surface area contributed by atoms with E-state index in [9.17, 15) is 9.59 Å². The zero-order valence-corrected chi connectivity index (χ0v) is 19.4. The van der Waals surface area contributed by atoms with E-state index in [1.54, 1.807) is 4.90 Å². The first-order valence-corrected chi connectivity index (χ1v) is 10.5. The standard InChI is InChI=1S/C24H31ClN2O3/c1-23(2,3)12-11-16-9-10-17(14-19(16)25)21-18(24(4,5)6)15-27(22(30)26-21)13-7-8-20(28)29/h9-10,14-15,21H,7-8,13H2,1-6H3,(H,26,30)(H,28,29). The van der Waals surface area contributed by atoms with Gasteiger partial charge in [-0.2, -0.15) is 0 Å². The Morgan fingerprint density at radius 1 is 1.23 bits per heavy atom. The van der Waals surface area contributed by atoms with E-state index in [2.05, 4.69) is 37.9 Å². The predicted molar refractivity (Wildman–Crippen MR) is 120 cm³/mol. The second-order valence-corrected chi connectivity index (χ2v) is 10.1. The maximum Gasteiger partial charge on any atom is 0.322 e. The van der Waals surface area contributed by atoms with Crippen LogP contribution in [-0.4, -0.2) is 28.6 Å². The van der Waals surface area contributed by atoms with E-state index in [0.29, 0.717) is 18.0 Å². The summed E-state index contributed by atoms with van der Waals surface area (Å²) in [6.07, 6.45) is 2.28. The Labute approximate surface area is 184 Å². The third-order valence-electron chi connectivity index (χ3n) is 4.69. The Morgan fingerprint density at radius 2 is 1.90 bits per heavy atom. The summed E-state index contributed by atoms with van der Waals surface area (Å²) in [7, 11) is 0. The summed E-state index contributed by atoms with van der Waals surface area (Å²) < 4.78 is 0. The summed E-state index contributed by atoms with van der Waals surface area (Å²) in [5, 5.41) is 12.5. The summed E-state index contributed by atoms with van der Waals surface area (Å²) in [5.74, 6) is 5.45. The molecule has 1 heterocycles. The Hall–Kier alpha value is -2.45. The van der Waals surface area contributed by atoms with E-state index in [-0.39, 0.29) is 29.3 Å². The summed E-state index contributed by atoms with van der Waals surface area (Å²) >= 11 is 6.50. The van der Waals surface area contributed by atoms with Crippen molar-refractivity contribution in [1.29, 1.82) is 0 Å². The lowest BCUT2D eigenvalue weighted by atomic mass is 9.79. The fourth-order valence-electron chi connectivity index (χ4n) is 3.11. The first-order valence-electron chi connectivity index (χ1n) is 10.1. The minimum absolute atomic E-state index is 0.0264. The molecule has 0 bridgehead atoms. The van der Waals surface area contributed by atoms with Gasteiger partial charge in [0.2, 0.25) is 0 Å². The van der Waals surface area contributed by atoms with Crippen molar-refractivity contribution in [2.75, 3.05) is 6.54 Å². The maximum atomic E-state index is 12.7. The summed E-state index contributed by atoms with van der Waals surface area (Å²) in [4.78, 5) is 25.0.